The number of imide groups is 1. The molecule has 2 heterocycles. The molecule has 2 aromatic carbocycles. The van der Waals surface area contributed by atoms with Crippen molar-refractivity contribution in [2.75, 3.05) is 13.2 Å². The number of furan rings is 1. The summed E-state index contributed by atoms with van der Waals surface area (Å²) in [5.74, 6) is 0.103. The van der Waals surface area contributed by atoms with Crippen molar-refractivity contribution in [3.05, 3.63) is 88.9 Å². The van der Waals surface area contributed by atoms with Gasteiger partial charge in [0.05, 0.1) is 30.5 Å². The first-order chi connectivity index (χ1) is 14.5. The fraction of sp³-hybridized carbons (Fsp3) is 0.174. The van der Waals surface area contributed by atoms with Crippen molar-refractivity contribution in [1.29, 1.82) is 0 Å². The number of aryl methyl sites for hydroxylation is 1. The molecule has 4 rings (SSSR count). The Morgan fingerprint density at radius 1 is 1.03 bits per heavy atom. The van der Waals surface area contributed by atoms with Gasteiger partial charge in [0.2, 0.25) is 0 Å². The van der Waals surface area contributed by atoms with E-state index < -0.39 is 11.8 Å². The maximum Gasteiger partial charge on any atom is 0.261 e. The number of nitrogens with zero attached hydrogens (tertiary/aromatic N) is 1. The lowest BCUT2D eigenvalue weighted by Gasteiger charge is -2.11. The van der Waals surface area contributed by atoms with E-state index in [1.165, 1.54) is 24.5 Å². The summed E-state index contributed by atoms with van der Waals surface area (Å²) in [5, 5.41) is 2.76. The maximum atomic E-state index is 12.7. The summed E-state index contributed by atoms with van der Waals surface area (Å²) >= 11 is 0. The molecule has 0 fully saturated rings. The van der Waals surface area contributed by atoms with Crippen LogP contribution in [-0.2, 0) is 6.54 Å². The molecule has 7 nitrogen and oxygen atoms in total. The summed E-state index contributed by atoms with van der Waals surface area (Å²) in [5.41, 5.74) is 1.83. The van der Waals surface area contributed by atoms with Crippen molar-refractivity contribution < 1.29 is 23.5 Å². The van der Waals surface area contributed by atoms with Gasteiger partial charge in [-0.2, -0.15) is 0 Å². The lowest BCUT2D eigenvalue weighted by atomic mass is 10.1. The van der Waals surface area contributed by atoms with Crippen LogP contribution >= 0.6 is 0 Å². The minimum atomic E-state index is -0.441. The molecule has 7 heteroatoms. The van der Waals surface area contributed by atoms with Gasteiger partial charge >= 0.3 is 0 Å². The van der Waals surface area contributed by atoms with Crippen molar-refractivity contribution in [1.82, 2.24) is 10.2 Å². The number of ether oxygens (including phenoxy) is 1. The molecule has 3 amide bonds. The second-order valence-electron chi connectivity index (χ2n) is 6.91. The number of carbonyl (C=O) groups is 3. The normalized spacial score (nSPS) is 12.8. The molecule has 152 valence electrons. The highest BCUT2D eigenvalue weighted by atomic mass is 16.5. The summed E-state index contributed by atoms with van der Waals surface area (Å²) in [4.78, 5) is 38.8. The lowest BCUT2D eigenvalue weighted by Crippen LogP contribution is -2.29. The SMILES string of the molecule is Cc1ccccc1OCCNC(=O)c1ccc2c(c1)C(=O)N(Cc1ccco1)C2=O. The molecule has 1 aromatic heterocycles. The number of nitrogens with one attached hydrogen (secondary N) is 1. The number of amides is 3. The van der Waals surface area contributed by atoms with E-state index in [1.807, 2.05) is 31.2 Å². The van der Waals surface area contributed by atoms with Gasteiger partial charge in [0.15, 0.2) is 0 Å². The van der Waals surface area contributed by atoms with E-state index in [4.69, 9.17) is 9.15 Å². The molecule has 0 bridgehead atoms. The fourth-order valence-corrected chi connectivity index (χ4v) is 3.28. The van der Waals surface area contributed by atoms with Gasteiger partial charge < -0.3 is 14.5 Å². The highest BCUT2D eigenvalue weighted by Gasteiger charge is 2.36. The Morgan fingerprint density at radius 3 is 2.60 bits per heavy atom. The van der Waals surface area contributed by atoms with E-state index in [9.17, 15) is 14.4 Å². The van der Waals surface area contributed by atoms with Crippen LogP contribution < -0.4 is 10.1 Å². The second kappa shape index (κ2) is 8.24. The molecule has 3 aromatic rings. The zero-order chi connectivity index (χ0) is 21.1. The van der Waals surface area contributed by atoms with Crippen LogP contribution in [0.1, 0.15) is 42.4 Å². The van der Waals surface area contributed by atoms with E-state index in [1.54, 1.807) is 12.1 Å². The molecule has 0 radical (unpaired) electrons. The Kier molecular flexibility index (Phi) is 5.34. The van der Waals surface area contributed by atoms with Crippen molar-refractivity contribution in [2.24, 2.45) is 0 Å². The summed E-state index contributed by atoms with van der Waals surface area (Å²) in [6.07, 6.45) is 1.48. The molecular formula is C23H20N2O5. The molecule has 0 spiro atoms. The maximum absolute atomic E-state index is 12.7. The minimum absolute atomic E-state index is 0.0527. The molecule has 30 heavy (non-hydrogen) atoms. The highest BCUT2D eigenvalue weighted by molar-refractivity contribution is 6.22. The molecule has 0 aliphatic carbocycles. The molecule has 1 aliphatic heterocycles. The molecule has 0 saturated carbocycles. The first kappa shape index (κ1) is 19.4. The standard InChI is InChI=1S/C23H20N2O5/c1-15-5-2-3-7-20(15)30-12-10-24-21(26)16-8-9-18-19(13-16)23(28)25(22(18)27)14-17-6-4-11-29-17/h2-9,11,13H,10,12,14H2,1H3,(H,24,26). The fourth-order valence-electron chi connectivity index (χ4n) is 3.28. The zero-order valence-electron chi connectivity index (χ0n) is 16.4. The van der Waals surface area contributed by atoms with E-state index in [0.717, 1.165) is 16.2 Å². The summed E-state index contributed by atoms with van der Waals surface area (Å²) in [7, 11) is 0. The number of carbonyl (C=O) groups excluding carboxylic acids is 3. The second-order valence-corrected chi connectivity index (χ2v) is 6.91. The zero-order valence-corrected chi connectivity index (χ0v) is 16.4. The van der Waals surface area contributed by atoms with Gasteiger partial charge in [-0.05, 0) is 48.9 Å². The third-order valence-corrected chi connectivity index (χ3v) is 4.87. The Bertz CT molecular complexity index is 1100. The highest BCUT2D eigenvalue weighted by Crippen LogP contribution is 2.25. The molecule has 1 N–H and O–H groups in total. The van der Waals surface area contributed by atoms with Crippen LogP contribution in [0.5, 0.6) is 5.75 Å². The Hall–Kier alpha value is -3.87. The largest absolute Gasteiger partial charge is 0.491 e. The average molecular weight is 404 g/mol. The lowest BCUT2D eigenvalue weighted by molar-refractivity contribution is 0.0631. The van der Waals surface area contributed by atoms with E-state index in [0.29, 0.717) is 24.5 Å². The summed E-state index contributed by atoms with van der Waals surface area (Å²) in [6.45, 7) is 2.63. The predicted molar refractivity (Wildman–Crippen MR) is 108 cm³/mol. The van der Waals surface area contributed by atoms with E-state index in [-0.39, 0.29) is 23.6 Å². The quantitative estimate of drug-likeness (QED) is 0.483. The number of para-hydroxylation sites is 1. The third-order valence-electron chi connectivity index (χ3n) is 4.87. The van der Waals surface area contributed by atoms with Gasteiger partial charge in [0.25, 0.3) is 17.7 Å². The number of benzene rings is 2. The van der Waals surface area contributed by atoms with E-state index >= 15 is 0 Å². The molecular weight excluding hydrogens is 384 g/mol. The van der Waals surface area contributed by atoms with Gasteiger partial charge in [0, 0.05) is 5.56 Å². The van der Waals surface area contributed by atoms with Crippen LogP contribution in [0.15, 0.2) is 65.3 Å². The Balaban J connectivity index is 1.38. The monoisotopic (exact) mass is 404 g/mol. The first-order valence-electron chi connectivity index (χ1n) is 9.54. The number of rotatable bonds is 7. The van der Waals surface area contributed by atoms with Crippen LogP contribution in [-0.4, -0.2) is 35.8 Å². The number of fused-ring (bicyclic) bond motifs is 1. The summed E-state index contributed by atoms with van der Waals surface area (Å²) < 4.78 is 10.9. The van der Waals surface area contributed by atoms with Crippen molar-refractivity contribution in [3.63, 3.8) is 0 Å². The van der Waals surface area contributed by atoms with Gasteiger partial charge in [-0.15, -0.1) is 0 Å². The van der Waals surface area contributed by atoms with Crippen LogP contribution in [0.2, 0.25) is 0 Å². The minimum Gasteiger partial charge on any atom is -0.491 e. The Labute approximate surface area is 173 Å². The Morgan fingerprint density at radius 2 is 1.83 bits per heavy atom. The molecule has 0 atom stereocenters. The number of hydrogen-bond donors (Lipinski definition) is 1. The third kappa shape index (κ3) is 3.82. The van der Waals surface area contributed by atoms with Crippen LogP contribution in [0, 0.1) is 6.92 Å². The van der Waals surface area contributed by atoms with Gasteiger partial charge in [-0.1, -0.05) is 18.2 Å². The molecule has 0 unspecified atom stereocenters. The first-order valence-corrected chi connectivity index (χ1v) is 9.54. The molecule has 0 saturated heterocycles. The van der Waals surface area contributed by atoms with Gasteiger partial charge in [-0.3, -0.25) is 19.3 Å². The van der Waals surface area contributed by atoms with Crippen molar-refractivity contribution in [3.8, 4) is 5.75 Å². The van der Waals surface area contributed by atoms with E-state index in [2.05, 4.69) is 5.32 Å². The van der Waals surface area contributed by atoms with Crippen molar-refractivity contribution >= 4 is 17.7 Å². The average Bonchev–Trinajstić information content (AvgIpc) is 3.35. The van der Waals surface area contributed by atoms with Crippen LogP contribution in [0.25, 0.3) is 0 Å². The predicted octanol–water partition coefficient (Wildman–Crippen LogP) is 3.19. The van der Waals surface area contributed by atoms with Crippen LogP contribution in [0.3, 0.4) is 0 Å². The topological polar surface area (TPSA) is 88.8 Å². The number of hydrogen-bond acceptors (Lipinski definition) is 5. The van der Waals surface area contributed by atoms with Gasteiger partial charge in [-0.25, -0.2) is 0 Å². The smallest absolute Gasteiger partial charge is 0.261 e. The van der Waals surface area contributed by atoms with Crippen LogP contribution in [0.4, 0.5) is 0 Å². The van der Waals surface area contributed by atoms with Crippen molar-refractivity contribution in [2.45, 2.75) is 13.5 Å². The summed E-state index contributed by atoms with van der Waals surface area (Å²) in [6, 6.07) is 15.5. The van der Waals surface area contributed by atoms with Gasteiger partial charge in [0.1, 0.15) is 18.1 Å². The molecule has 1 aliphatic rings.